The Hall–Kier alpha value is -0.570. The van der Waals surface area contributed by atoms with E-state index in [0.717, 1.165) is 19.3 Å². The summed E-state index contributed by atoms with van der Waals surface area (Å²) < 4.78 is 5.24. The zero-order chi connectivity index (χ0) is 11.3. The molecule has 0 aromatic carbocycles. The Balaban J connectivity index is 2.46. The molecule has 1 N–H and O–H groups in total. The molecule has 0 aromatic rings. The van der Waals surface area contributed by atoms with Gasteiger partial charge in [-0.3, -0.25) is 4.79 Å². The van der Waals surface area contributed by atoms with Crippen LogP contribution in [0.5, 0.6) is 0 Å². The lowest BCUT2D eigenvalue weighted by Crippen LogP contribution is -2.37. The standard InChI is InChI=1S/C12H22O3/c1-10(2)4-3-5-12(11(13)14)6-8-15-9-7-12/h10H,3-9H2,1-2H3,(H,13,14). The minimum Gasteiger partial charge on any atom is -0.481 e. The van der Waals surface area contributed by atoms with Crippen LogP contribution < -0.4 is 0 Å². The number of carboxylic acids is 1. The zero-order valence-electron chi connectivity index (χ0n) is 9.79. The molecule has 1 fully saturated rings. The highest BCUT2D eigenvalue weighted by atomic mass is 16.5. The van der Waals surface area contributed by atoms with E-state index in [9.17, 15) is 9.90 Å². The highest BCUT2D eigenvalue weighted by molar-refractivity contribution is 5.74. The lowest BCUT2D eigenvalue weighted by atomic mass is 9.76. The van der Waals surface area contributed by atoms with Crippen LogP contribution in [0.15, 0.2) is 0 Å². The summed E-state index contributed by atoms with van der Waals surface area (Å²) in [7, 11) is 0. The Labute approximate surface area is 91.8 Å². The first-order valence-corrected chi connectivity index (χ1v) is 5.88. The monoisotopic (exact) mass is 214 g/mol. The predicted octanol–water partition coefficient (Wildman–Crippen LogP) is 2.69. The van der Waals surface area contributed by atoms with Crippen LogP contribution in [0, 0.1) is 11.3 Å². The molecule has 1 heterocycles. The van der Waals surface area contributed by atoms with Gasteiger partial charge in [-0.1, -0.05) is 26.7 Å². The van der Waals surface area contributed by atoms with Crippen LogP contribution >= 0.6 is 0 Å². The maximum absolute atomic E-state index is 11.3. The van der Waals surface area contributed by atoms with Gasteiger partial charge in [0.15, 0.2) is 0 Å². The van der Waals surface area contributed by atoms with Crippen molar-refractivity contribution >= 4 is 5.97 Å². The molecule has 0 unspecified atom stereocenters. The molecular weight excluding hydrogens is 192 g/mol. The molecule has 0 saturated carbocycles. The molecule has 0 amide bonds. The van der Waals surface area contributed by atoms with E-state index in [1.165, 1.54) is 0 Å². The van der Waals surface area contributed by atoms with E-state index >= 15 is 0 Å². The Morgan fingerprint density at radius 3 is 2.47 bits per heavy atom. The minimum absolute atomic E-state index is 0.493. The van der Waals surface area contributed by atoms with Crippen LogP contribution in [0.4, 0.5) is 0 Å². The maximum atomic E-state index is 11.3. The van der Waals surface area contributed by atoms with Gasteiger partial charge in [-0.05, 0) is 25.2 Å². The van der Waals surface area contributed by atoms with E-state index in [1.807, 2.05) is 0 Å². The molecule has 88 valence electrons. The first-order valence-electron chi connectivity index (χ1n) is 5.88. The van der Waals surface area contributed by atoms with Gasteiger partial charge in [0.05, 0.1) is 5.41 Å². The smallest absolute Gasteiger partial charge is 0.309 e. The van der Waals surface area contributed by atoms with Crippen molar-refractivity contribution in [1.82, 2.24) is 0 Å². The van der Waals surface area contributed by atoms with Crippen LogP contribution in [-0.2, 0) is 9.53 Å². The first kappa shape index (κ1) is 12.5. The second-order valence-electron chi connectivity index (χ2n) is 4.98. The number of hydrogen-bond donors (Lipinski definition) is 1. The SMILES string of the molecule is CC(C)CCCC1(C(=O)O)CCOCC1. The zero-order valence-corrected chi connectivity index (χ0v) is 9.79. The normalized spacial score (nSPS) is 20.5. The van der Waals surface area contributed by atoms with E-state index in [-0.39, 0.29) is 0 Å². The molecule has 0 bridgehead atoms. The quantitative estimate of drug-likeness (QED) is 0.765. The third-order valence-electron chi connectivity index (χ3n) is 3.34. The maximum Gasteiger partial charge on any atom is 0.309 e. The van der Waals surface area contributed by atoms with Gasteiger partial charge in [0.25, 0.3) is 0 Å². The van der Waals surface area contributed by atoms with E-state index in [4.69, 9.17) is 4.74 Å². The highest BCUT2D eigenvalue weighted by Crippen LogP contribution is 2.36. The molecule has 1 aliphatic heterocycles. The summed E-state index contributed by atoms with van der Waals surface area (Å²) in [6, 6.07) is 0. The van der Waals surface area contributed by atoms with Crippen molar-refractivity contribution in [1.29, 1.82) is 0 Å². The number of rotatable bonds is 5. The van der Waals surface area contributed by atoms with Crippen LogP contribution in [0.2, 0.25) is 0 Å². The summed E-state index contributed by atoms with van der Waals surface area (Å²) in [6.45, 7) is 5.57. The van der Waals surface area contributed by atoms with Gasteiger partial charge in [-0.2, -0.15) is 0 Å². The molecule has 1 rings (SSSR count). The lowest BCUT2D eigenvalue weighted by molar-refractivity contribution is -0.155. The number of carboxylic acid groups (broad SMARTS) is 1. The van der Waals surface area contributed by atoms with Gasteiger partial charge in [0.2, 0.25) is 0 Å². The number of hydrogen-bond acceptors (Lipinski definition) is 2. The number of aliphatic carboxylic acids is 1. The molecule has 3 nitrogen and oxygen atoms in total. The minimum atomic E-state index is -0.630. The fourth-order valence-corrected chi connectivity index (χ4v) is 2.18. The van der Waals surface area contributed by atoms with Gasteiger partial charge in [0.1, 0.15) is 0 Å². The fourth-order valence-electron chi connectivity index (χ4n) is 2.18. The van der Waals surface area contributed by atoms with Gasteiger partial charge >= 0.3 is 5.97 Å². The molecule has 15 heavy (non-hydrogen) atoms. The Bertz CT molecular complexity index is 205. The summed E-state index contributed by atoms with van der Waals surface area (Å²) in [4.78, 5) is 11.3. The second-order valence-corrected chi connectivity index (χ2v) is 4.98. The van der Waals surface area contributed by atoms with Crippen molar-refractivity contribution in [3.05, 3.63) is 0 Å². The van der Waals surface area contributed by atoms with Crippen LogP contribution in [0.3, 0.4) is 0 Å². The van der Waals surface area contributed by atoms with Crippen molar-refractivity contribution in [2.75, 3.05) is 13.2 Å². The molecule has 3 heteroatoms. The Morgan fingerprint density at radius 2 is 2.00 bits per heavy atom. The summed E-state index contributed by atoms with van der Waals surface area (Å²) >= 11 is 0. The van der Waals surface area contributed by atoms with Crippen molar-refractivity contribution in [2.24, 2.45) is 11.3 Å². The fraction of sp³-hybridized carbons (Fsp3) is 0.917. The van der Waals surface area contributed by atoms with Crippen LogP contribution in [0.25, 0.3) is 0 Å². The molecule has 0 aliphatic carbocycles. The summed E-state index contributed by atoms with van der Waals surface area (Å²) in [6.07, 6.45) is 4.31. The molecule has 0 spiro atoms. The molecular formula is C12H22O3. The molecule has 0 aromatic heterocycles. The van der Waals surface area contributed by atoms with Crippen LogP contribution in [0.1, 0.15) is 46.0 Å². The average molecular weight is 214 g/mol. The number of carbonyl (C=O) groups is 1. The predicted molar refractivity (Wildman–Crippen MR) is 58.8 cm³/mol. The lowest BCUT2D eigenvalue weighted by Gasteiger charge is -2.33. The van der Waals surface area contributed by atoms with Crippen molar-refractivity contribution < 1.29 is 14.6 Å². The Morgan fingerprint density at radius 1 is 1.40 bits per heavy atom. The van der Waals surface area contributed by atoms with Gasteiger partial charge in [0, 0.05) is 13.2 Å². The Kier molecular flexibility index (Phi) is 4.58. The molecule has 1 saturated heterocycles. The highest BCUT2D eigenvalue weighted by Gasteiger charge is 2.39. The summed E-state index contributed by atoms with van der Waals surface area (Å²) in [5, 5.41) is 9.30. The van der Waals surface area contributed by atoms with Crippen molar-refractivity contribution in [3.63, 3.8) is 0 Å². The first-order chi connectivity index (χ1) is 7.07. The van der Waals surface area contributed by atoms with Crippen LogP contribution in [-0.4, -0.2) is 24.3 Å². The summed E-state index contributed by atoms with van der Waals surface area (Å²) in [5.74, 6) is 0.0326. The summed E-state index contributed by atoms with van der Waals surface area (Å²) in [5.41, 5.74) is -0.493. The molecule has 0 atom stereocenters. The van der Waals surface area contributed by atoms with E-state index in [0.29, 0.717) is 32.0 Å². The topological polar surface area (TPSA) is 46.5 Å². The third-order valence-corrected chi connectivity index (χ3v) is 3.34. The van der Waals surface area contributed by atoms with E-state index < -0.39 is 11.4 Å². The largest absolute Gasteiger partial charge is 0.481 e. The van der Waals surface area contributed by atoms with E-state index in [1.54, 1.807) is 0 Å². The van der Waals surface area contributed by atoms with Crippen molar-refractivity contribution in [3.8, 4) is 0 Å². The second kappa shape index (κ2) is 5.50. The third kappa shape index (κ3) is 3.49. The number of ether oxygens (including phenoxy) is 1. The average Bonchev–Trinajstić information content (AvgIpc) is 2.18. The van der Waals surface area contributed by atoms with Crippen molar-refractivity contribution in [2.45, 2.75) is 46.0 Å². The van der Waals surface area contributed by atoms with E-state index in [2.05, 4.69) is 13.8 Å². The van der Waals surface area contributed by atoms with Gasteiger partial charge < -0.3 is 9.84 Å². The van der Waals surface area contributed by atoms with Gasteiger partial charge in [-0.25, -0.2) is 0 Å². The van der Waals surface area contributed by atoms with Gasteiger partial charge in [-0.15, -0.1) is 0 Å². The molecule has 1 aliphatic rings. The molecule has 0 radical (unpaired) electrons.